The van der Waals surface area contributed by atoms with Gasteiger partial charge in [-0.15, -0.1) is 0 Å². The maximum absolute atomic E-state index is 11.5. The summed E-state index contributed by atoms with van der Waals surface area (Å²) in [5, 5.41) is 0.883. The summed E-state index contributed by atoms with van der Waals surface area (Å²) in [4.78, 5) is 29.9. The number of primary amides is 1. The molecule has 3 rings (SSSR count). The molecule has 0 spiro atoms. The fourth-order valence-corrected chi connectivity index (χ4v) is 2.41. The van der Waals surface area contributed by atoms with Gasteiger partial charge in [-0.1, -0.05) is 18.2 Å². The Morgan fingerprint density at radius 2 is 2.04 bits per heavy atom. The van der Waals surface area contributed by atoms with E-state index in [1.165, 1.54) is 6.08 Å². The number of carbonyl (C=O) groups excluding carboxylic acids is 2. The Morgan fingerprint density at radius 1 is 1.22 bits per heavy atom. The normalized spacial score (nSPS) is 11.2. The Hall–Kier alpha value is -3.21. The largest absolute Gasteiger partial charge is 0.366 e. The third-order valence-electron chi connectivity index (χ3n) is 3.59. The molecule has 0 aliphatic carbocycles. The van der Waals surface area contributed by atoms with Crippen molar-refractivity contribution in [2.24, 2.45) is 5.73 Å². The van der Waals surface area contributed by atoms with Gasteiger partial charge in [0.15, 0.2) is 5.78 Å². The first-order valence-corrected chi connectivity index (χ1v) is 7.10. The summed E-state index contributed by atoms with van der Waals surface area (Å²) < 4.78 is 0. The molecular formula is C18H15N3O2. The predicted molar refractivity (Wildman–Crippen MR) is 89.8 cm³/mol. The Labute approximate surface area is 132 Å². The number of nitrogens with zero attached hydrogens (tertiary/aromatic N) is 1. The number of hydrogen-bond donors (Lipinski definition) is 2. The molecular weight excluding hydrogens is 290 g/mol. The van der Waals surface area contributed by atoms with Gasteiger partial charge in [-0.2, -0.15) is 0 Å². The summed E-state index contributed by atoms with van der Waals surface area (Å²) in [6.45, 7) is 1.54. The fourth-order valence-electron chi connectivity index (χ4n) is 2.41. The average Bonchev–Trinajstić information content (AvgIpc) is 2.95. The van der Waals surface area contributed by atoms with Gasteiger partial charge in [0.2, 0.25) is 5.91 Å². The van der Waals surface area contributed by atoms with Crippen molar-refractivity contribution < 1.29 is 9.59 Å². The number of rotatable bonds is 4. The lowest BCUT2D eigenvalue weighted by atomic mass is 10.0. The summed E-state index contributed by atoms with van der Waals surface area (Å²) >= 11 is 0. The minimum Gasteiger partial charge on any atom is -0.366 e. The molecule has 5 nitrogen and oxygen atoms in total. The second kappa shape index (κ2) is 5.88. The maximum Gasteiger partial charge on any atom is 0.241 e. The Morgan fingerprint density at radius 3 is 2.78 bits per heavy atom. The van der Waals surface area contributed by atoms with E-state index in [2.05, 4.69) is 9.97 Å². The van der Waals surface area contributed by atoms with Crippen molar-refractivity contribution in [1.29, 1.82) is 0 Å². The van der Waals surface area contributed by atoms with Crippen LogP contribution in [0.5, 0.6) is 0 Å². The molecule has 0 aliphatic rings. The number of amides is 1. The predicted octanol–water partition coefficient (Wildman–Crippen LogP) is 2.93. The minimum atomic E-state index is -0.502. The van der Waals surface area contributed by atoms with Gasteiger partial charge in [0.25, 0.3) is 0 Å². The second-order valence-electron chi connectivity index (χ2n) is 5.24. The van der Waals surface area contributed by atoms with Crippen molar-refractivity contribution in [2.75, 3.05) is 0 Å². The van der Waals surface area contributed by atoms with Gasteiger partial charge >= 0.3 is 0 Å². The highest BCUT2D eigenvalue weighted by atomic mass is 16.1. The number of aromatic amines is 1. The van der Waals surface area contributed by atoms with E-state index in [0.717, 1.165) is 27.7 Å². The van der Waals surface area contributed by atoms with Gasteiger partial charge in [-0.25, -0.2) is 4.98 Å². The highest BCUT2D eigenvalue weighted by molar-refractivity contribution is 5.97. The molecule has 2 heterocycles. The molecule has 0 radical (unpaired) electrons. The van der Waals surface area contributed by atoms with E-state index in [9.17, 15) is 9.59 Å². The van der Waals surface area contributed by atoms with E-state index in [0.29, 0.717) is 5.56 Å². The third-order valence-corrected chi connectivity index (χ3v) is 3.59. The molecule has 0 saturated carbocycles. The maximum atomic E-state index is 11.5. The van der Waals surface area contributed by atoms with Crippen LogP contribution in [0.2, 0.25) is 0 Å². The second-order valence-corrected chi connectivity index (χ2v) is 5.24. The van der Waals surface area contributed by atoms with E-state index >= 15 is 0 Å². The molecule has 0 saturated heterocycles. The van der Waals surface area contributed by atoms with Crippen LogP contribution in [-0.4, -0.2) is 21.7 Å². The molecule has 2 aromatic heterocycles. The Bertz CT molecular complexity index is 938. The van der Waals surface area contributed by atoms with Crippen LogP contribution in [0.4, 0.5) is 0 Å². The van der Waals surface area contributed by atoms with Gasteiger partial charge < -0.3 is 10.7 Å². The summed E-state index contributed by atoms with van der Waals surface area (Å²) in [6.07, 6.45) is 6.48. The van der Waals surface area contributed by atoms with Crippen molar-refractivity contribution >= 4 is 28.8 Å². The minimum absolute atomic E-state index is 0.0209. The van der Waals surface area contributed by atoms with Crippen molar-refractivity contribution in [3.05, 3.63) is 59.9 Å². The van der Waals surface area contributed by atoms with Crippen LogP contribution in [0.3, 0.4) is 0 Å². The number of hydrogen-bond acceptors (Lipinski definition) is 3. The van der Waals surface area contributed by atoms with Gasteiger partial charge in [0.05, 0.1) is 0 Å². The van der Waals surface area contributed by atoms with Crippen LogP contribution in [0.1, 0.15) is 22.8 Å². The van der Waals surface area contributed by atoms with Crippen LogP contribution in [-0.2, 0) is 4.79 Å². The SMILES string of the molecule is CC(=O)c1cccc(-c2cnc3[nH]cc(C=CC(N)=O)c3c2)c1. The number of aromatic nitrogens is 2. The number of carbonyl (C=O) groups is 2. The standard InChI is InChI=1S/C18H15N3O2/c1-11(22)12-3-2-4-13(7-12)15-8-16-14(5-6-17(19)23)9-20-18(16)21-10-15/h2-10H,1H3,(H2,19,23)(H,20,21). The molecule has 1 amide bonds. The van der Waals surface area contributed by atoms with E-state index < -0.39 is 5.91 Å². The molecule has 5 heteroatoms. The topological polar surface area (TPSA) is 88.8 Å². The summed E-state index contributed by atoms with van der Waals surface area (Å²) in [6, 6.07) is 9.38. The zero-order valence-corrected chi connectivity index (χ0v) is 12.5. The molecule has 0 fully saturated rings. The van der Waals surface area contributed by atoms with E-state index in [1.807, 2.05) is 24.3 Å². The molecule has 0 aliphatic heterocycles. The van der Waals surface area contributed by atoms with Crippen molar-refractivity contribution in [3.8, 4) is 11.1 Å². The summed E-state index contributed by atoms with van der Waals surface area (Å²) in [7, 11) is 0. The van der Waals surface area contributed by atoms with Crippen LogP contribution in [0.15, 0.2) is 48.8 Å². The highest BCUT2D eigenvalue weighted by Crippen LogP contribution is 2.26. The van der Waals surface area contributed by atoms with Crippen molar-refractivity contribution in [2.45, 2.75) is 6.92 Å². The van der Waals surface area contributed by atoms with Crippen molar-refractivity contribution in [1.82, 2.24) is 9.97 Å². The lowest BCUT2D eigenvalue weighted by molar-refractivity contribution is -0.113. The van der Waals surface area contributed by atoms with E-state index in [1.54, 1.807) is 31.5 Å². The molecule has 0 bridgehead atoms. The zero-order valence-electron chi connectivity index (χ0n) is 12.5. The first-order valence-electron chi connectivity index (χ1n) is 7.10. The van der Waals surface area contributed by atoms with E-state index in [-0.39, 0.29) is 5.78 Å². The van der Waals surface area contributed by atoms with Crippen LogP contribution in [0, 0.1) is 0 Å². The summed E-state index contributed by atoms with van der Waals surface area (Å²) in [5.74, 6) is -0.481. The van der Waals surface area contributed by atoms with Crippen LogP contribution >= 0.6 is 0 Å². The number of Topliss-reactive ketones (excluding diaryl/α,β-unsaturated/α-hetero) is 1. The zero-order chi connectivity index (χ0) is 16.4. The molecule has 23 heavy (non-hydrogen) atoms. The number of nitrogens with one attached hydrogen (secondary N) is 1. The molecule has 3 N–H and O–H groups in total. The lowest BCUT2D eigenvalue weighted by Crippen LogP contribution is -2.04. The fraction of sp³-hybridized carbons (Fsp3) is 0.0556. The summed E-state index contributed by atoms with van der Waals surface area (Å²) in [5.41, 5.74) is 9.16. The molecule has 114 valence electrons. The van der Waals surface area contributed by atoms with Crippen LogP contribution in [0.25, 0.3) is 28.2 Å². The highest BCUT2D eigenvalue weighted by Gasteiger charge is 2.07. The number of benzene rings is 1. The van der Waals surface area contributed by atoms with Crippen LogP contribution < -0.4 is 5.73 Å². The number of fused-ring (bicyclic) bond motifs is 1. The number of nitrogens with two attached hydrogens (primary N) is 1. The molecule has 1 aromatic carbocycles. The van der Waals surface area contributed by atoms with Crippen molar-refractivity contribution in [3.63, 3.8) is 0 Å². The van der Waals surface area contributed by atoms with Gasteiger partial charge in [-0.05, 0) is 30.7 Å². The average molecular weight is 305 g/mol. The number of pyridine rings is 1. The van der Waals surface area contributed by atoms with Gasteiger partial charge in [0.1, 0.15) is 5.65 Å². The Kier molecular flexibility index (Phi) is 3.76. The molecule has 3 aromatic rings. The third kappa shape index (κ3) is 3.03. The smallest absolute Gasteiger partial charge is 0.241 e. The molecule has 0 atom stereocenters. The first kappa shape index (κ1) is 14.7. The first-order chi connectivity index (χ1) is 11.0. The number of ketones is 1. The monoisotopic (exact) mass is 305 g/mol. The van der Waals surface area contributed by atoms with E-state index in [4.69, 9.17) is 5.73 Å². The molecule has 0 unspecified atom stereocenters. The Balaban J connectivity index is 2.09. The van der Waals surface area contributed by atoms with Gasteiger partial charge in [0, 0.05) is 40.5 Å². The lowest BCUT2D eigenvalue weighted by Gasteiger charge is -2.04. The van der Waals surface area contributed by atoms with Gasteiger partial charge in [-0.3, -0.25) is 9.59 Å². The number of H-pyrrole nitrogens is 1. The quantitative estimate of drug-likeness (QED) is 0.573.